The second-order valence-electron chi connectivity index (χ2n) is 4.96. The van der Waals surface area contributed by atoms with E-state index in [2.05, 4.69) is 26.3 Å². The van der Waals surface area contributed by atoms with Crippen LogP contribution in [0.2, 0.25) is 0 Å². The molecule has 0 fully saturated rings. The topological polar surface area (TPSA) is 67.2 Å². The summed E-state index contributed by atoms with van der Waals surface area (Å²) < 4.78 is 2.74. The molecule has 0 saturated heterocycles. The molecular weight excluding hydrogens is 298 g/mol. The zero-order valence-corrected chi connectivity index (χ0v) is 12.6. The van der Waals surface area contributed by atoms with E-state index in [1.165, 1.54) is 0 Å². The van der Waals surface area contributed by atoms with Crippen molar-refractivity contribution in [3.8, 4) is 0 Å². The molecule has 0 aliphatic carbocycles. The van der Waals surface area contributed by atoms with Gasteiger partial charge in [-0.05, 0) is 49.5 Å². The van der Waals surface area contributed by atoms with Crippen molar-refractivity contribution >= 4 is 21.9 Å². The minimum atomic E-state index is -0.876. The highest BCUT2D eigenvalue weighted by Crippen LogP contribution is 2.15. The van der Waals surface area contributed by atoms with Crippen molar-refractivity contribution in [2.75, 3.05) is 0 Å². The lowest BCUT2D eigenvalue weighted by atomic mass is 9.95. The van der Waals surface area contributed by atoms with Gasteiger partial charge in [0.25, 0.3) is 0 Å². The Balaban J connectivity index is 2.50. The average Bonchev–Trinajstić information content (AvgIpc) is 2.63. The van der Waals surface area contributed by atoms with Crippen LogP contribution in [0.5, 0.6) is 0 Å². The quantitative estimate of drug-likeness (QED) is 0.809. The second-order valence-corrected chi connectivity index (χ2v) is 5.88. The van der Waals surface area contributed by atoms with Gasteiger partial charge >= 0.3 is 5.97 Å². The third kappa shape index (κ3) is 4.42. The highest BCUT2D eigenvalue weighted by Gasteiger charge is 2.32. The zero-order valence-electron chi connectivity index (χ0n) is 11.0. The van der Waals surface area contributed by atoms with E-state index in [0.29, 0.717) is 13.0 Å². The largest absolute Gasteiger partial charge is 0.480 e. The minimum absolute atomic E-state index is 0.143. The molecule has 2 N–H and O–H groups in total. The van der Waals surface area contributed by atoms with E-state index in [-0.39, 0.29) is 6.04 Å². The maximum absolute atomic E-state index is 11.3. The number of rotatable bonds is 7. The molecule has 1 atom stereocenters. The van der Waals surface area contributed by atoms with Gasteiger partial charge < -0.3 is 5.11 Å². The number of carboxylic acid groups (broad SMARTS) is 1. The summed E-state index contributed by atoms with van der Waals surface area (Å²) in [5, 5.41) is 16.5. The first kappa shape index (κ1) is 15.2. The number of aromatic nitrogens is 2. The van der Waals surface area contributed by atoms with Gasteiger partial charge in [-0.3, -0.25) is 14.8 Å². The first-order chi connectivity index (χ1) is 8.33. The van der Waals surface area contributed by atoms with Crippen LogP contribution in [-0.4, -0.2) is 32.4 Å². The van der Waals surface area contributed by atoms with Crippen LogP contribution in [0.4, 0.5) is 0 Å². The Morgan fingerprint density at radius 3 is 2.78 bits per heavy atom. The Labute approximate surface area is 116 Å². The summed E-state index contributed by atoms with van der Waals surface area (Å²) in [6.07, 6.45) is 4.94. The molecule has 1 aromatic rings. The summed E-state index contributed by atoms with van der Waals surface area (Å²) in [6, 6.07) is 0.143. The lowest BCUT2D eigenvalue weighted by molar-refractivity contribution is -0.144. The first-order valence-electron chi connectivity index (χ1n) is 6.02. The molecule has 0 aromatic carbocycles. The number of nitrogens with zero attached hydrogens (tertiary/aromatic N) is 2. The molecule has 1 rings (SSSR count). The van der Waals surface area contributed by atoms with Crippen molar-refractivity contribution in [3.63, 3.8) is 0 Å². The Morgan fingerprint density at radius 2 is 2.33 bits per heavy atom. The average molecular weight is 318 g/mol. The lowest BCUT2D eigenvalue weighted by Gasteiger charge is -2.28. The molecule has 1 aromatic heterocycles. The molecule has 0 aliphatic heterocycles. The fourth-order valence-electron chi connectivity index (χ4n) is 1.93. The molecule has 6 heteroatoms. The maximum atomic E-state index is 11.3. The molecule has 1 heterocycles. The number of aliphatic carboxylic acids is 1. The maximum Gasteiger partial charge on any atom is 0.323 e. The van der Waals surface area contributed by atoms with Gasteiger partial charge in [-0.2, -0.15) is 5.10 Å². The molecule has 0 spiro atoms. The van der Waals surface area contributed by atoms with E-state index < -0.39 is 11.5 Å². The predicted octanol–water partition coefficient (Wildman–Crippen LogP) is 2.27. The van der Waals surface area contributed by atoms with Crippen LogP contribution in [0, 0.1) is 0 Å². The highest BCUT2D eigenvalue weighted by atomic mass is 79.9. The van der Waals surface area contributed by atoms with Crippen molar-refractivity contribution in [3.05, 3.63) is 16.9 Å². The van der Waals surface area contributed by atoms with E-state index in [0.717, 1.165) is 10.9 Å². The fraction of sp³-hybridized carbons (Fsp3) is 0.667. The lowest BCUT2D eigenvalue weighted by Crippen LogP contribution is -2.52. The third-order valence-electron chi connectivity index (χ3n) is 2.74. The number of hydrogen-bond donors (Lipinski definition) is 2. The van der Waals surface area contributed by atoms with Crippen LogP contribution in [-0.2, 0) is 11.3 Å². The minimum Gasteiger partial charge on any atom is -0.480 e. The van der Waals surface area contributed by atoms with Gasteiger partial charge in [-0.15, -0.1) is 0 Å². The molecule has 1 unspecified atom stereocenters. The number of nitrogens with one attached hydrogen (secondary N) is 1. The van der Waals surface area contributed by atoms with Gasteiger partial charge in [-0.1, -0.05) is 0 Å². The Hall–Kier alpha value is -0.880. The molecule has 0 aliphatic rings. The summed E-state index contributed by atoms with van der Waals surface area (Å²) in [5.41, 5.74) is -0.876. The molecule has 102 valence electrons. The fourth-order valence-corrected chi connectivity index (χ4v) is 2.26. The van der Waals surface area contributed by atoms with Gasteiger partial charge in [0.05, 0.1) is 10.7 Å². The smallest absolute Gasteiger partial charge is 0.323 e. The SMILES string of the molecule is CC(C)NC(C)(CCCn1cc(Br)cn1)C(=O)O. The second kappa shape index (κ2) is 6.33. The van der Waals surface area contributed by atoms with Gasteiger partial charge in [0, 0.05) is 18.8 Å². The van der Waals surface area contributed by atoms with Gasteiger partial charge in [0.15, 0.2) is 0 Å². The molecule has 0 radical (unpaired) electrons. The Bertz CT molecular complexity index is 406. The van der Waals surface area contributed by atoms with Crippen LogP contribution in [0.15, 0.2) is 16.9 Å². The number of aryl methyl sites for hydroxylation is 1. The van der Waals surface area contributed by atoms with Crippen LogP contribution in [0.25, 0.3) is 0 Å². The van der Waals surface area contributed by atoms with Gasteiger partial charge in [-0.25, -0.2) is 0 Å². The first-order valence-corrected chi connectivity index (χ1v) is 6.82. The normalized spacial score (nSPS) is 14.7. The summed E-state index contributed by atoms with van der Waals surface area (Å²) >= 11 is 3.33. The van der Waals surface area contributed by atoms with Crippen LogP contribution in [0.1, 0.15) is 33.6 Å². The summed E-state index contributed by atoms with van der Waals surface area (Å²) in [5.74, 6) is -0.808. The van der Waals surface area contributed by atoms with Crippen LogP contribution in [0.3, 0.4) is 0 Å². The van der Waals surface area contributed by atoms with E-state index in [1.807, 2.05) is 24.7 Å². The number of carboxylic acids is 1. The van der Waals surface area contributed by atoms with Crippen molar-refractivity contribution in [1.82, 2.24) is 15.1 Å². The van der Waals surface area contributed by atoms with Gasteiger partial charge in [0.2, 0.25) is 0 Å². The van der Waals surface area contributed by atoms with Crippen molar-refractivity contribution in [2.45, 2.75) is 51.7 Å². The molecule has 18 heavy (non-hydrogen) atoms. The molecule has 5 nitrogen and oxygen atoms in total. The highest BCUT2D eigenvalue weighted by molar-refractivity contribution is 9.10. The van der Waals surface area contributed by atoms with Crippen molar-refractivity contribution in [2.24, 2.45) is 0 Å². The summed E-state index contributed by atoms with van der Waals surface area (Å²) in [4.78, 5) is 11.3. The molecule has 0 amide bonds. The number of carbonyl (C=O) groups is 1. The monoisotopic (exact) mass is 317 g/mol. The molecule has 0 saturated carbocycles. The molecular formula is C12H20BrN3O2. The van der Waals surface area contributed by atoms with Gasteiger partial charge in [0.1, 0.15) is 5.54 Å². The van der Waals surface area contributed by atoms with Crippen molar-refractivity contribution in [1.29, 1.82) is 0 Å². The van der Waals surface area contributed by atoms with Crippen molar-refractivity contribution < 1.29 is 9.90 Å². The standard InChI is InChI=1S/C12H20BrN3O2/c1-9(2)15-12(3,11(17)18)5-4-6-16-8-10(13)7-14-16/h7-9,15H,4-6H2,1-3H3,(H,17,18). The Kier molecular flexibility index (Phi) is 5.34. The van der Waals surface area contributed by atoms with E-state index >= 15 is 0 Å². The Morgan fingerprint density at radius 1 is 1.67 bits per heavy atom. The summed E-state index contributed by atoms with van der Waals surface area (Å²) in [7, 11) is 0. The van der Waals surface area contributed by atoms with Crippen LogP contribution < -0.4 is 5.32 Å². The third-order valence-corrected chi connectivity index (χ3v) is 3.15. The number of halogens is 1. The molecule has 0 bridgehead atoms. The number of hydrogen-bond acceptors (Lipinski definition) is 3. The van der Waals surface area contributed by atoms with E-state index in [1.54, 1.807) is 13.1 Å². The predicted molar refractivity (Wildman–Crippen MR) is 73.5 cm³/mol. The van der Waals surface area contributed by atoms with Crippen LogP contribution >= 0.6 is 15.9 Å². The van der Waals surface area contributed by atoms with E-state index in [4.69, 9.17) is 0 Å². The zero-order chi connectivity index (χ0) is 13.8. The van der Waals surface area contributed by atoms with E-state index in [9.17, 15) is 9.90 Å². The summed E-state index contributed by atoms with van der Waals surface area (Å²) in [6.45, 7) is 6.35.